The number of benzene rings is 3. The first-order chi connectivity index (χ1) is 15.7. The fourth-order valence-corrected chi connectivity index (χ4v) is 2.93. The molecule has 0 saturated carbocycles. The third kappa shape index (κ3) is 6.65. The molecule has 33 heavy (non-hydrogen) atoms. The van der Waals surface area contributed by atoms with E-state index < -0.39 is 17.8 Å². The Morgan fingerprint density at radius 1 is 0.818 bits per heavy atom. The van der Waals surface area contributed by atoms with Crippen molar-refractivity contribution in [3.05, 3.63) is 93.5 Å². The Kier molecular flexibility index (Phi) is 7.82. The highest BCUT2D eigenvalue weighted by Gasteiger charge is 2.14. The number of ether oxygens (including phenoxy) is 1. The van der Waals surface area contributed by atoms with Crippen molar-refractivity contribution in [2.24, 2.45) is 5.10 Å². The zero-order valence-corrected chi connectivity index (χ0v) is 19.2. The number of hydrogen-bond donors (Lipinski definition) is 2. The lowest BCUT2D eigenvalue weighted by Gasteiger charge is -2.07. The highest BCUT2D eigenvalue weighted by molar-refractivity contribution is 6.43. The van der Waals surface area contributed by atoms with Gasteiger partial charge < -0.3 is 10.1 Å². The first-order valence-corrected chi connectivity index (χ1v) is 10.5. The molecule has 0 radical (unpaired) electrons. The van der Waals surface area contributed by atoms with Crippen LogP contribution < -0.4 is 15.5 Å². The molecular formula is C24H19Cl2N3O4. The maximum atomic E-state index is 12.2. The number of hydrazone groups is 1. The van der Waals surface area contributed by atoms with E-state index in [4.69, 9.17) is 27.9 Å². The fraction of sp³-hybridized carbons (Fsp3) is 0.0833. The van der Waals surface area contributed by atoms with Gasteiger partial charge in [0.2, 0.25) is 0 Å². The summed E-state index contributed by atoms with van der Waals surface area (Å²) in [6.45, 7) is 3.59. The van der Waals surface area contributed by atoms with Crippen LogP contribution in [0.15, 0.2) is 71.8 Å². The summed E-state index contributed by atoms with van der Waals surface area (Å²) in [4.78, 5) is 36.2. The molecule has 2 N–H and O–H groups in total. The van der Waals surface area contributed by atoms with Crippen LogP contribution in [-0.2, 0) is 9.59 Å². The molecule has 0 aromatic heterocycles. The van der Waals surface area contributed by atoms with Crippen LogP contribution in [0.4, 0.5) is 5.69 Å². The molecule has 0 atom stereocenters. The summed E-state index contributed by atoms with van der Waals surface area (Å²) in [5, 5.41) is 6.92. The van der Waals surface area contributed by atoms with Crippen molar-refractivity contribution in [2.45, 2.75) is 13.8 Å². The molecule has 0 unspecified atom stereocenters. The van der Waals surface area contributed by atoms with E-state index >= 15 is 0 Å². The van der Waals surface area contributed by atoms with Crippen LogP contribution in [0.1, 0.15) is 28.4 Å². The standard InChI is InChI=1S/C24H19Cl2N3O4/c1-14-3-5-17(6-4-14)24(32)33-19-10-7-16(8-11-19)15(2)28-29-23(31)22(30)27-18-9-12-20(25)21(26)13-18/h3-13H,1-2H3,(H,27,30)(H,29,31)/b28-15+. The van der Waals surface area contributed by atoms with Crippen molar-refractivity contribution in [2.75, 3.05) is 5.32 Å². The second-order valence-electron chi connectivity index (χ2n) is 7.00. The average Bonchev–Trinajstić information content (AvgIpc) is 2.80. The molecule has 0 aliphatic carbocycles. The molecule has 0 aliphatic heterocycles. The number of halogens is 2. The number of rotatable bonds is 5. The van der Waals surface area contributed by atoms with Crippen molar-refractivity contribution in [1.29, 1.82) is 0 Å². The van der Waals surface area contributed by atoms with E-state index in [2.05, 4.69) is 15.8 Å². The molecule has 9 heteroatoms. The largest absolute Gasteiger partial charge is 0.423 e. The first kappa shape index (κ1) is 24.0. The molecule has 7 nitrogen and oxygen atoms in total. The first-order valence-electron chi connectivity index (χ1n) is 9.73. The van der Waals surface area contributed by atoms with Gasteiger partial charge in [0.25, 0.3) is 0 Å². The highest BCUT2D eigenvalue weighted by atomic mass is 35.5. The summed E-state index contributed by atoms with van der Waals surface area (Å²) in [5.41, 5.74) is 5.12. The molecule has 0 saturated heterocycles. The summed E-state index contributed by atoms with van der Waals surface area (Å²) >= 11 is 11.7. The van der Waals surface area contributed by atoms with Gasteiger partial charge in [-0.25, -0.2) is 10.2 Å². The highest BCUT2D eigenvalue weighted by Crippen LogP contribution is 2.25. The number of anilines is 1. The molecule has 0 aliphatic rings. The predicted octanol–water partition coefficient (Wildman–Crippen LogP) is 5.00. The van der Waals surface area contributed by atoms with Gasteiger partial charge in [0.05, 0.1) is 21.3 Å². The minimum Gasteiger partial charge on any atom is -0.423 e. The quantitative estimate of drug-likeness (QED) is 0.175. The minimum atomic E-state index is -0.955. The van der Waals surface area contributed by atoms with Crippen molar-refractivity contribution in [1.82, 2.24) is 5.43 Å². The monoisotopic (exact) mass is 483 g/mol. The molecule has 3 aromatic carbocycles. The summed E-state index contributed by atoms with van der Waals surface area (Å²) < 4.78 is 5.36. The van der Waals surface area contributed by atoms with Crippen LogP contribution in [0.25, 0.3) is 0 Å². The second kappa shape index (κ2) is 10.8. The van der Waals surface area contributed by atoms with Gasteiger partial charge in [-0.15, -0.1) is 0 Å². The van der Waals surface area contributed by atoms with Gasteiger partial charge in [0.15, 0.2) is 0 Å². The number of aryl methyl sites for hydroxylation is 1. The Labute approximate surface area is 200 Å². The van der Waals surface area contributed by atoms with Crippen LogP contribution in [0.3, 0.4) is 0 Å². The van der Waals surface area contributed by atoms with Gasteiger partial charge in [0, 0.05) is 5.69 Å². The molecule has 2 amide bonds. The lowest BCUT2D eigenvalue weighted by atomic mass is 10.1. The lowest BCUT2D eigenvalue weighted by molar-refractivity contribution is -0.136. The fourth-order valence-electron chi connectivity index (χ4n) is 2.63. The molecule has 0 spiro atoms. The van der Waals surface area contributed by atoms with Crippen LogP contribution >= 0.6 is 23.2 Å². The van der Waals surface area contributed by atoms with E-state index in [9.17, 15) is 14.4 Å². The zero-order chi connectivity index (χ0) is 24.0. The van der Waals surface area contributed by atoms with Crippen LogP contribution in [0.2, 0.25) is 10.0 Å². The number of carbonyl (C=O) groups is 3. The Balaban J connectivity index is 1.56. The Morgan fingerprint density at radius 3 is 2.09 bits per heavy atom. The predicted molar refractivity (Wildman–Crippen MR) is 128 cm³/mol. The van der Waals surface area contributed by atoms with E-state index in [1.165, 1.54) is 18.2 Å². The average molecular weight is 484 g/mol. The smallest absolute Gasteiger partial charge is 0.343 e. The Morgan fingerprint density at radius 2 is 1.45 bits per heavy atom. The summed E-state index contributed by atoms with van der Waals surface area (Å²) in [5.74, 6) is -1.97. The molecule has 0 fully saturated rings. The topological polar surface area (TPSA) is 96.9 Å². The number of carbonyl (C=O) groups excluding carboxylic acids is 3. The summed E-state index contributed by atoms with van der Waals surface area (Å²) in [6, 6.07) is 18.1. The van der Waals surface area contributed by atoms with Crippen molar-refractivity contribution in [3.8, 4) is 5.75 Å². The molecule has 168 valence electrons. The molecule has 0 bridgehead atoms. The van der Waals surface area contributed by atoms with Crippen molar-refractivity contribution < 1.29 is 19.1 Å². The van der Waals surface area contributed by atoms with Gasteiger partial charge in [0.1, 0.15) is 5.75 Å². The van der Waals surface area contributed by atoms with Crippen molar-refractivity contribution >= 4 is 52.4 Å². The number of nitrogens with zero attached hydrogens (tertiary/aromatic N) is 1. The van der Waals surface area contributed by atoms with E-state index in [-0.39, 0.29) is 5.02 Å². The van der Waals surface area contributed by atoms with E-state index in [1.807, 2.05) is 19.1 Å². The van der Waals surface area contributed by atoms with Gasteiger partial charge in [-0.3, -0.25) is 9.59 Å². The third-order valence-electron chi connectivity index (χ3n) is 4.48. The van der Waals surface area contributed by atoms with Crippen molar-refractivity contribution in [3.63, 3.8) is 0 Å². The lowest BCUT2D eigenvalue weighted by Crippen LogP contribution is -2.32. The number of nitrogens with one attached hydrogen (secondary N) is 2. The van der Waals surface area contributed by atoms with Crippen LogP contribution in [0, 0.1) is 6.92 Å². The Bertz CT molecular complexity index is 1220. The number of amides is 2. The molecule has 0 heterocycles. The SMILES string of the molecule is C/C(=N\NC(=O)C(=O)Nc1ccc(Cl)c(Cl)c1)c1ccc(OC(=O)c2ccc(C)cc2)cc1. The number of hydrogen-bond acceptors (Lipinski definition) is 5. The molecular weight excluding hydrogens is 465 g/mol. The van der Waals surface area contributed by atoms with Gasteiger partial charge >= 0.3 is 17.8 Å². The molecule has 3 rings (SSSR count). The van der Waals surface area contributed by atoms with E-state index in [1.54, 1.807) is 43.3 Å². The van der Waals surface area contributed by atoms with Gasteiger partial charge in [-0.2, -0.15) is 5.10 Å². The van der Waals surface area contributed by atoms with Crippen LogP contribution in [-0.4, -0.2) is 23.5 Å². The van der Waals surface area contributed by atoms with E-state index in [0.29, 0.717) is 33.3 Å². The maximum Gasteiger partial charge on any atom is 0.343 e. The number of esters is 1. The second-order valence-corrected chi connectivity index (χ2v) is 7.82. The zero-order valence-electron chi connectivity index (χ0n) is 17.7. The van der Waals surface area contributed by atoms with E-state index in [0.717, 1.165) is 5.56 Å². The summed E-state index contributed by atoms with van der Waals surface area (Å²) in [6.07, 6.45) is 0. The van der Waals surface area contributed by atoms with Gasteiger partial charge in [-0.1, -0.05) is 40.9 Å². The minimum absolute atomic E-state index is 0.247. The Hall–Kier alpha value is -3.68. The third-order valence-corrected chi connectivity index (χ3v) is 5.22. The maximum absolute atomic E-state index is 12.2. The normalized spacial score (nSPS) is 11.0. The molecule has 3 aromatic rings. The van der Waals surface area contributed by atoms with Gasteiger partial charge in [-0.05, 0) is 74.0 Å². The van der Waals surface area contributed by atoms with Crippen LogP contribution in [0.5, 0.6) is 5.75 Å². The summed E-state index contributed by atoms with van der Waals surface area (Å²) in [7, 11) is 0.